The molecule has 0 amide bonds. The van der Waals surface area contributed by atoms with Crippen LogP contribution >= 0.6 is 11.3 Å². The number of imidazole rings is 1. The van der Waals surface area contributed by atoms with E-state index >= 15 is 0 Å². The largest absolute Gasteiger partial charge is 0.309 e. The molecule has 0 radical (unpaired) electrons. The van der Waals surface area contributed by atoms with Crippen molar-refractivity contribution in [2.75, 3.05) is 0 Å². The van der Waals surface area contributed by atoms with E-state index in [-0.39, 0.29) is 10.8 Å². The Hall–Kier alpha value is -13.0. The highest BCUT2D eigenvalue weighted by Crippen LogP contribution is 2.54. The summed E-state index contributed by atoms with van der Waals surface area (Å²) < 4.78 is 8.14. The summed E-state index contributed by atoms with van der Waals surface area (Å²) in [6.45, 7) is 9.21. The number of para-hydroxylation sites is 8. The van der Waals surface area contributed by atoms with Crippen molar-refractivity contribution in [1.29, 1.82) is 0 Å². The summed E-state index contributed by atoms with van der Waals surface area (Å²) in [4.78, 5) is 31.6. The van der Waals surface area contributed by atoms with E-state index in [0.717, 1.165) is 112 Å². The quantitative estimate of drug-likeness (QED) is 0.143. The van der Waals surface area contributed by atoms with Gasteiger partial charge in [-0.2, -0.15) is 0 Å². The molecule has 10 heteroatoms. The van der Waals surface area contributed by atoms with Crippen LogP contribution in [0, 0.1) is 0 Å². The molecule has 0 aliphatic heterocycles. The molecule has 0 saturated carbocycles. The van der Waals surface area contributed by atoms with Crippen molar-refractivity contribution >= 4 is 76.2 Å². The zero-order valence-electron chi connectivity index (χ0n) is 57.5. The van der Waals surface area contributed by atoms with E-state index in [1.54, 1.807) is 11.3 Å². The monoisotopic (exact) mass is 1350 g/mol. The summed E-state index contributed by atoms with van der Waals surface area (Å²) in [7, 11) is 0. The molecule has 21 rings (SSSR count). The Labute approximate surface area is 605 Å². The van der Waals surface area contributed by atoms with Crippen LogP contribution in [-0.4, -0.2) is 43.6 Å². The van der Waals surface area contributed by atoms with E-state index in [2.05, 4.69) is 345 Å². The number of rotatable bonds is 9. The predicted octanol–water partition coefficient (Wildman–Crippen LogP) is 23.7. The van der Waals surface area contributed by atoms with E-state index < -0.39 is 0 Å². The zero-order valence-corrected chi connectivity index (χ0v) is 58.3. The van der Waals surface area contributed by atoms with Gasteiger partial charge in [-0.05, 0) is 108 Å². The lowest BCUT2D eigenvalue weighted by Crippen LogP contribution is -2.17. The molecule has 6 heterocycles. The van der Waals surface area contributed by atoms with Crippen LogP contribution in [0.2, 0.25) is 0 Å². The Bertz CT molecular complexity index is 6610. The molecular formula is C94H65N9S. The highest BCUT2D eigenvalue weighted by atomic mass is 32.1. The molecule has 2 aliphatic rings. The number of hydrogen-bond donors (Lipinski definition) is 0. The maximum Gasteiger partial charge on any atom is 0.160 e. The van der Waals surface area contributed by atoms with Gasteiger partial charge in [-0.25, -0.2) is 29.9 Å². The standard InChI is InChI=1S/C50H35N5.C44H30N4S/c1-50(2)40-21-11-9-20-38(40)47-45(50)46(34-29-30-43-39(31-34)37-19-10-13-23-42(37)54(43)35-15-5-3-6-16-35)52-48(53-47)32-25-27-33(28-26-32)49-51-41-22-12-14-24-44(41)55(49)36-17-7-4-8-18-36;1-44(2)34-16-8-6-15-32(34)41-39(44)40(46-42(47-41)27-20-22-28(23-21-27)43-45-35-17-9-11-19-38(35)49-43)29-24-25-37-33(26-29)31-14-7-10-18-36(31)48(37)30-12-4-3-5-13-30/h3-31H,1-2H3;3-26H,1-2H3. The third kappa shape index (κ3) is 9.66. The minimum Gasteiger partial charge on any atom is -0.309 e. The molecule has 0 atom stereocenters. The van der Waals surface area contributed by atoms with Gasteiger partial charge in [0.15, 0.2) is 11.6 Å². The lowest BCUT2D eigenvalue weighted by molar-refractivity contribution is 0.657. The maximum absolute atomic E-state index is 5.48. The molecule has 2 aliphatic carbocycles. The summed E-state index contributed by atoms with van der Waals surface area (Å²) in [6, 6.07) is 114. The van der Waals surface area contributed by atoms with Gasteiger partial charge in [0.2, 0.25) is 0 Å². The first kappa shape index (κ1) is 60.9. The minimum absolute atomic E-state index is 0.260. The minimum atomic E-state index is -0.285. The number of hydrogen-bond acceptors (Lipinski definition) is 7. The summed E-state index contributed by atoms with van der Waals surface area (Å²) in [6.07, 6.45) is 0. The molecule has 0 saturated heterocycles. The highest BCUT2D eigenvalue weighted by Gasteiger charge is 2.42. The molecule has 6 aromatic heterocycles. The number of nitrogens with zero attached hydrogens (tertiary/aromatic N) is 9. The van der Waals surface area contributed by atoms with Crippen LogP contribution in [0.3, 0.4) is 0 Å². The number of aromatic nitrogens is 9. The van der Waals surface area contributed by atoms with Crippen molar-refractivity contribution in [3.63, 3.8) is 0 Å². The second kappa shape index (κ2) is 23.8. The van der Waals surface area contributed by atoms with Crippen LogP contribution in [0.15, 0.2) is 322 Å². The molecule has 0 bridgehead atoms. The maximum atomic E-state index is 5.48. The summed E-state index contributed by atoms with van der Waals surface area (Å²) >= 11 is 1.72. The van der Waals surface area contributed by atoms with Crippen LogP contribution in [0.4, 0.5) is 0 Å². The second-order valence-electron chi connectivity index (χ2n) is 28.2. The van der Waals surface area contributed by atoms with E-state index in [1.807, 2.05) is 18.2 Å². The Morgan fingerprint density at radius 2 is 0.644 bits per heavy atom. The van der Waals surface area contributed by atoms with Gasteiger partial charge in [-0.1, -0.05) is 252 Å². The van der Waals surface area contributed by atoms with Gasteiger partial charge in [0, 0.05) is 105 Å². The topological polar surface area (TPSA) is 92.1 Å². The Balaban J connectivity index is 0.000000139. The second-order valence-corrected chi connectivity index (χ2v) is 29.2. The molecule has 0 unspecified atom stereocenters. The SMILES string of the molecule is CC1(C)c2ccccc2-c2nc(-c3ccc(-c4nc5ccccc5n4-c4ccccc4)cc3)nc(-c3ccc4c(c3)c3ccccc3n4-c3ccccc3)c21.CC1(C)c2ccccc2-c2nc(-c3ccc(-c4nc5ccccc5s4)cc3)nc(-c3ccc4c(c3)c3ccccc3n4-c3ccccc3)c21. The van der Waals surface area contributed by atoms with Gasteiger partial charge in [0.25, 0.3) is 0 Å². The molecule has 0 N–H and O–H groups in total. The van der Waals surface area contributed by atoms with Gasteiger partial charge < -0.3 is 9.13 Å². The normalized spacial score (nSPS) is 13.2. The molecule has 492 valence electrons. The number of fused-ring (bicyclic) bond motifs is 14. The third-order valence-electron chi connectivity index (χ3n) is 21.4. The third-order valence-corrected chi connectivity index (χ3v) is 22.4. The van der Waals surface area contributed by atoms with Crippen LogP contribution < -0.4 is 0 Å². The van der Waals surface area contributed by atoms with E-state index in [4.69, 9.17) is 29.9 Å². The van der Waals surface area contributed by atoms with E-state index in [1.165, 1.54) is 76.1 Å². The summed E-state index contributed by atoms with van der Waals surface area (Å²) in [5, 5.41) is 5.86. The average molecular weight is 1350 g/mol. The van der Waals surface area contributed by atoms with Crippen molar-refractivity contribution in [3.05, 3.63) is 344 Å². The van der Waals surface area contributed by atoms with Crippen molar-refractivity contribution in [3.8, 4) is 107 Å². The first-order valence-corrected chi connectivity index (χ1v) is 36.2. The lowest BCUT2D eigenvalue weighted by atomic mass is 9.80. The zero-order chi connectivity index (χ0) is 69.4. The Kier molecular flexibility index (Phi) is 13.9. The number of thiazole rings is 1. The van der Waals surface area contributed by atoms with Gasteiger partial charge in [0.1, 0.15) is 10.8 Å². The summed E-state index contributed by atoms with van der Waals surface area (Å²) in [5.41, 5.74) is 28.1. The van der Waals surface area contributed by atoms with Crippen molar-refractivity contribution in [1.82, 2.24) is 43.6 Å². The van der Waals surface area contributed by atoms with Crippen LogP contribution in [-0.2, 0) is 10.8 Å². The smallest absolute Gasteiger partial charge is 0.160 e. The Morgan fingerprint density at radius 1 is 0.269 bits per heavy atom. The van der Waals surface area contributed by atoms with Crippen molar-refractivity contribution < 1.29 is 0 Å². The lowest BCUT2D eigenvalue weighted by Gasteiger charge is -2.24. The first-order valence-electron chi connectivity index (χ1n) is 35.4. The van der Waals surface area contributed by atoms with Crippen LogP contribution in [0.5, 0.6) is 0 Å². The molecule has 19 aromatic rings. The molecule has 0 fully saturated rings. The average Bonchev–Trinajstić information content (AvgIpc) is 1.56. The molecule has 104 heavy (non-hydrogen) atoms. The van der Waals surface area contributed by atoms with Gasteiger partial charge in [0.05, 0.1) is 66.1 Å². The molecule has 0 spiro atoms. The van der Waals surface area contributed by atoms with Gasteiger partial charge in [-0.15, -0.1) is 11.3 Å². The van der Waals surface area contributed by atoms with E-state index in [9.17, 15) is 0 Å². The molecular weight excluding hydrogens is 1290 g/mol. The van der Waals surface area contributed by atoms with Crippen molar-refractivity contribution in [2.24, 2.45) is 0 Å². The fourth-order valence-corrected chi connectivity index (χ4v) is 17.4. The predicted molar refractivity (Wildman–Crippen MR) is 428 cm³/mol. The number of benzene rings is 13. The van der Waals surface area contributed by atoms with Gasteiger partial charge in [-0.3, -0.25) is 4.57 Å². The van der Waals surface area contributed by atoms with Gasteiger partial charge >= 0.3 is 0 Å². The highest BCUT2D eigenvalue weighted by molar-refractivity contribution is 7.21. The van der Waals surface area contributed by atoms with E-state index in [0.29, 0.717) is 5.82 Å². The first-order chi connectivity index (χ1) is 51.1. The fraction of sp³-hybridized carbons (Fsp3) is 0.0638. The van der Waals surface area contributed by atoms with Crippen LogP contribution in [0.1, 0.15) is 49.9 Å². The summed E-state index contributed by atoms with van der Waals surface area (Å²) in [5.74, 6) is 2.33. The van der Waals surface area contributed by atoms with Crippen LogP contribution in [0.25, 0.3) is 172 Å². The fourth-order valence-electron chi connectivity index (χ4n) is 16.4. The van der Waals surface area contributed by atoms with Crippen molar-refractivity contribution in [2.45, 2.75) is 38.5 Å². The molecule has 13 aromatic carbocycles. The Morgan fingerprint density at radius 3 is 1.14 bits per heavy atom. The molecule has 9 nitrogen and oxygen atoms in total.